The number of nitrogens with one attached hydrogen (secondary N) is 2. The Hall–Kier alpha value is -5.29. The predicted molar refractivity (Wildman–Crippen MR) is 230 cm³/mol. The average Bonchev–Trinajstić information content (AvgIpc) is 3.55. The molecule has 1 aliphatic rings. The summed E-state index contributed by atoms with van der Waals surface area (Å²) in [7, 11) is -3.74. The Labute approximate surface area is 352 Å². The molecule has 0 saturated heterocycles. The second kappa shape index (κ2) is 20.8. The molecule has 5 aromatic rings. The van der Waals surface area contributed by atoms with Crippen LogP contribution in [0.1, 0.15) is 66.6 Å². The highest BCUT2D eigenvalue weighted by Gasteiger charge is 2.36. The van der Waals surface area contributed by atoms with Crippen molar-refractivity contribution in [1.29, 1.82) is 0 Å². The number of hydrogen-bond donors (Lipinski definition) is 4. The van der Waals surface area contributed by atoms with Gasteiger partial charge in [0.05, 0.1) is 37.5 Å². The standard InChI is InChI=1S/C48H55N2O9P/c1-48(2,3)59-47(54)49-42(28-34-15-7-4-8-16-34)43(51)30-39(46(53)50-45-41-22-14-13-21-38(41)29-44(45)52)27-35-23-25-40(26-24-35)56-33-60(55,57-31-36-17-9-5-10-18-36)58-32-37-19-11-6-12-20-37/h4-26,39,42-45,51-52H,27-33H2,1-3H3,(H,49,54)(H,50,53)/t39-,42+,43+,44-,45+/m1/s1. The van der Waals surface area contributed by atoms with E-state index in [1.54, 1.807) is 32.9 Å². The van der Waals surface area contributed by atoms with Gasteiger partial charge in [-0.2, -0.15) is 0 Å². The van der Waals surface area contributed by atoms with E-state index in [-0.39, 0.29) is 38.3 Å². The van der Waals surface area contributed by atoms with Gasteiger partial charge in [-0.15, -0.1) is 0 Å². The van der Waals surface area contributed by atoms with Gasteiger partial charge in [0, 0.05) is 12.3 Å². The van der Waals surface area contributed by atoms with Crippen LogP contribution in [-0.2, 0) is 55.6 Å². The summed E-state index contributed by atoms with van der Waals surface area (Å²) in [4.78, 5) is 27.3. The van der Waals surface area contributed by atoms with E-state index in [1.165, 1.54) is 0 Å². The first-order valence-electron chi connectivity index (χ1n) is 20.3. The van der Waals surface area contributed by atoms with Crippen molar-refractivity contribution >= 4 is 19.6 Å². The highest BCUT2D eigenvalue weighted by Crippen LogP contribution is 2.50. The summed E-state index contributed by atoms with van der Waals surface area (Å²) in [6.45, 7) is 5.44. The summed E-state index contributed by atoms with van der Waals surface area (Å²) in [5.74, 6) is -0.705. The molecule has 11 nitrogen and oxygen atoms in total. The van der Waals surface area contributed by atoms with Crippen LogP contribution in [0.3, 0.4) is 0 Å². The zero-order valence-electron chi connectivity index (χ0n) is 34.3. The zero-order valence-corrected chi connectivity index (χ0v) is 35.2. The third-order valence-electron chi connectivity index (χ3n) is 10.2. The molecular formula is C48H55N2O9P. The Balaban J connectivity index is 1.18. The molecule has 6 rings (SSSR count). The fourth-order valence-electron chi connectivity index (χ4n) is 7.13. The first-order chi connectivity index (χ1) is 28.8. The summed E-state index contributed by atoms with van der Waals surface area (Å²) in [6.07, 6.45) is -2.05. The lowest BCUT2D eigenvalue weighted by Gasteiger charge is -2.30. The Morgan fingerprint density at radius 1 is 0.733 bits per heavy atom. The van der Waals surface area contributed by atoms with Crippen LogP contribution in [-0.4, -0.2) is 52.4 Å². The van der Waals surface area contributed by atoms with Crippen molar-refractivity contribution in [2.75, 3.05) is 6.35 Å². The van der Waals surface area contributed by atoms with Gasteiger partial charge < -0.3 is 39.4 Å². The van der Waals surface area contributed by atoms with Crippen LogP contribution in [0.2, 0.25) is 0 Å². The molecule has 60 heavy (non-hydrogen) atoms. The van der Waals surface area contributed by atoms with Gasteiger partial charge in [0.1, 0.15) is 11.4 Å². The van der Waals surface area contributed by atoms with Crippen LogP contribution in [0.5, 0.6) is 5.75 Å². The van der Waals surface area contributed by atoms with Crippen LogP contribution in [0.15, 0.2) is 140 Å². The molecule has 0 aliphatic heterocycles. The van der Waals surface area contributed by atoms with E-state index in [1.807, 2.05) is 127 Å². The molecule has 5 aromatic carbocycles. The lowest BCUT2D eigenvalue weighted by atomic mass is 9.88. The number of carbonyl (C=O) groups excluding carboxylic acids is 2. The molecule has 0 heterocycles. The maximum atomic E-state index is 14.3. The van der Waals surface area contributed by atoms with E-state index < -0.39 is 49.5 Å². The lowest BCUT2D eigenvalue weighted by Crippen LogP contribution is -2.48. The number of rotatable bonds is 19. The molecule has 0 bridgehead atoms. The Kier molecular flexibility index (Phi) is 15.3. The largest absolute Gasteiger partial charge is 0.481 e. The third kappa shape index (κ3) is 13.4. The highest BCUT2D eigenvalue weighted by molar-refractivity contribution is 7.53. The van der Waals surface area contributed by atoms with E-state index in [2.05, 4.69) is 10.6 Å². The van der Waals surface area contributed by atoms with Crippen molar-refractivity contribution in [2.45, 2.75) is 89.6 Å². The summed E-state index contributed by atoms with van der Waals surface area (Å²) in [6, 6.07) is 41.6. The van der Waals surface area contributed by atoms with Crippen LogP contribution in [0.25, 0.3) is 0 Å². The van der Waals surface area contributed by atoms with Crippen LogP contribution >= 0.6 is 7.60 Å². The van der Waals surface area contributed by atoms with E-state index >= 15 is 0 Å². The minimum absolute atomic E-state index is 0.0114. The maximum absolute atomic E-state index is 14.3. The van der Waals surface area contributed by atoms with E-state index in [0.717, 1.165) is 33.4 Å². The van der Waals surface area contributed by atoms with Gasteiger partial charge in [0.2, 0.25) is 5.91 Å². The van der Waals surface area contributed by atoms with Crippen LogP contribution in [0, 0.1) is 5.92 Å². The number of carbonyl (C=O) groups is 2. The number of benzene rings is 5. The van der Waals surface area contributed by atoms with Crippen molar-refractivity contribution < 1.29 is 42.9 Å². The third-order valence-corrected chi connectivity index (χ3v) is 11.7. The molecule has 12 heteroatoms. The first-order valence-corrected chi connectivity index (χ1v) is 22.0. The fourth-order valence-corrected chi connectivity index (χ4v) is 8.36. The Morgan fingerprint density at radius 2 is 1.27 bits per heavy atom. The van der Waals surface area contributed by atoms with Gasteiger partial charge >= 0.3 is 13.7 Å². The maximum Gasteiger partial charge on any atom is 0.407 e. The summed E-state index contributed by atoms with van der Waals surface area (Å²) in [5.41, 5.74) is 4.40. The molecule has 5 atom stereocenters. The van der Waals surface area contributed by atoms with E-state index in [0.29, 0.717) is 18.6 Å². The fraction of sp³-hybridized carbons (Fsp3) is 0.333. The molecule has 316 valence electrons. The minimum atomic E-state index is -3.74. The van der Waals surface area contributed by atoms with Gasteiger partial charge in [0.25, 0.3) is 0 Å². The van der Waals surface area contributed by atoms with Crippen LogP contribution in [0.4, 0.5) is 4.79 Å². The summed E-state index contributed by atoms with van der Waals surface area (Å²) >= 11 is 0. The first kappa shape index (κ1) is 44.3. The zero-order chi connectivity index (χ0) is 42.5. The second-order valence-corrected chi connectivity index (χ2v) is 18.1. The Bertz CT molecular complexity index is 2120. The van der Waals surface area contributed by atoms with E-state index in [9.17, 15) is 24.4 Å². The molecule has 0 radical (unpaired) electrons. The van der Waals surface area contributed by atoms with Crippen molar-refractivity contribution in [3.63, 3.8) is 0 Å². The summed E-state index contributed by atoms with van der Waals surface area (Å²) in [5, 5.41) is 28.8. The van der Waals surface area contributed by atoms with E-state index in [4.69, 9.17) is 18.5 Å². The lowest BCUT2D eigenvalue weighted by molar-refractivity contribution is -0.127. The minimum Gasteiger partial charge on any atom is -0.481 e. The van der Waals surface area contributed by atoms with Crippen molar-refractivity contribution in [3.8, 4) is 5.75 Å². The molecule has 0 saturated carbocycles. The van der Waals surface area contributed by atoms with Gasteiger partial charge in [-0.05, 0) is 85.5 Å². The predicted octanol–water partition coefficient (Wildman–Crippen LogP) is 8.47. The van der Waals surface area contributed by atoms with Gasteiger partial charge in [0.15, 0.2) is 6.35 Å². The Morgan fingerprint density at radius 3 is 1.85 bits per heavy atom. The SMILES string of the molecule is CC(C)(C)OC(=O)N[C@@H](Cc1ccccc1)[C@@H](O)C[C@@H](Cc1ccc(OCP(=O)(OCc2ccccc2)OCc2ccccc2)cc1)C(=O)N[C@H]1c2ccccc2C[C@H]1O. The average molecular weight is 835 g/mol. The van der Waals surface area contributed by atoms with Crippen molar-refractivity contribution in [2.24, 2.45) is 5.92 Å². The molecular weight excluding hydrogens is 780 g/mol. The number of ether oxygens (including phenoxy) is 2. The topological polar surface area (TPSA) is 153 Å². The summed E-state index contributed by atoms with van der Waals surface area (Å²) < 4.78 is 37.3. The number of alkyl carbamates (subject to hydrolysis) is 1. The molecule has 0 aromatic heterocycles. The van der Waals surface area contributed by atoms with Gasteiger partial charge in [-0.3, -0.25) is 9.36 Å². The monoisotopic (exact) mass is 834 g/mol. The van der Waals surface area contributed by atoms with Crippen LogP contribution < -0.4 is 15.4 Å². The highest BCUT2D eigenvalue weighted by atomic mass is 31.2. The normalized spacial score (nSPS) is 16.6. The molecule has 4 N–H and O–H groups in total. The number of fused-ring (bicyclic) bond motifs is 1. The molecule has 2 amide bonds. The number of aliphatic hydroxyl groups is 2. The quantitative estimate of drug-likeness (QED) is 0.0601. The number of aliphatic hydroxyl groups excluding tert-OH is 2. The molecule has 0 fully saturated rings. The van der Waals surface area contributed by atoms with Crippen molar-refractivity contribution in [1.82, 2.24) is 10.6 Å². The molecule has 0 spiro atoms. The second-order valence-electron chi connectivity index (χ2n) is 16.1. The number of hydrogen-bond acceptors (Lipinski definition) is 9. The van der Waals surface area contributed by atoms with Gasteiger partial charge in [-0.1, -0.05) is 127 Å². The number of amides is 2. The molecule has 1 aliphatic carbocycles. The van der Waals surface area contributed by atoms with Crippen molar-refractivity contribution in [3.05, 3.63) is 173 Å². The van der Waals surface area contributed by atoms with Gasteiger partial charge in [-0.25, -0.2) is 4.79 Å². The molecule has 0 unspecified atom stereocenters. The smallest absolute Gasteiger partial charge is 0.407 e.